The fourth-order valence-corrected chi connectivity index (χ4v) is 1.82. The predicted molar refractivity (Wildman–Crippen MR) is 54.6 cm³/mol. The van der Waals surface area contributed by atoms with E-state index < -0.39 is 0 Å². The van der Waals surface area contributed by atoms with Crippen molar-refractivity contribution in [2.24, 2.45) is 7.05 Å². The Morgan fingerprint density at radius 2 is 2.29 bits per heavy atom. The Bertz CT molecular complexity index is 326. The Balaban J connectivity index is 2.14. The molecule has 0 amide bonds. The summed E-state index contributed by atoms with van der Waals surface area (Å²) in [6.45, 7) is 6.04. The molecule has 0 aliphatic carbocycles. The summed E-state index contributed by atoms with van der Waals surface area (Å²) in [4.78, 5) is 0. The van der Waals surface area contributed by atoms with Crippen molar-refractivity contribution in [1.29, 1.82) is 0 Å². The zero-order chi connectivity index (χ0) is 10.1. The van der Waals surface area contributed by atoms with E-state index in [-0.39, 0.29) is 0 Å². The molecule has 0 aromatic carbocycles. The standard InChI is InChI=1S/C10H17N3O/c1-7-10(8(2)13(3)12-7)14-9-4-5-11-6-9/h9,11H,4-6H2,1-3H3. The molecule has 1 N–H and O–H groups in total. The molecule has 0 bridgehead atoms. The van der Waals surface area contributed by atoms with Gasteiger partial charge in [-0.2, -0.15) is 5.10 Å². The highest BCUT2D eigenvalue weighted by Gasteiger charge is 2.19. The van der Waals surface area contributed by atoms with E-state index in [1.807, 2.05) is 25.6 Å². The average molecular weight is 195 g/mol. The van der Waals surface area contributed by atoms with E-state index >= 15 is 0 Å². The van der Waals surface area contributed by atoms with E-state index in [9.17, 15) is 0 Å². The lowest BCUT2D eigenvalue weighted by Crippen LogP contribution is -2.20. The summed E-state index contributed by atoms with van der Waals surface area (Å²) in [7, 11) is 1.95. The third kappa shape index (κ3) is 1.62. The quantitative estimate of drug-likeness (QED) is 0.758. The van der Waals surface area contributed by atoms with Crippen molar-refractivity contribution in [3.8, 4) is 5.75 Å². The Morgan fingerprint density at radius 1 is 1.50 bits per heavy atom. The van der Waals surface area contributed by atoms with Gasteiger partial charge in [-0.3, -0.25) is 4.68 Å². The Hall–Kier alpha value is -1.03. The first-order valence-corrected chi connectivity index (χ1v) is 5.06. The first kappa shape index (κ1) is 9.52. The van der Waals surface area contributed by atoms with Gasteiger partial charge >= 0.3 is 0 Å². The molecule has 0 spiro atoms. The van der Waals surface area contributed by atoms with Gasteiger partial charge < -0.3 is 10.1 Å². The first-order chi connectivity index (χ1) is 6.68. The monoisotopic (exact) mass is 195 g/mol. The lowest BCUT2D eigenvalue weighted by molar-refractivity contribution is 0.220. The van der Waals surface area contributed by atoms with Crippen LogP contribution in [0.1, 0.15) is 17.8 Å². The van der Waals surface area contributed by atoms with Gasteiger partial charge in [0, 0.05) is 13.6 Å². The average Bonchev–Trinajstić information content (AvgIpc) is 2.71. The van der Waals surface area contributed by atoms with Gasteiger partial charge in [0.25, 0.3) is 0 Å². The summed E-state index contributed by atoms with van der Waals surface area (Å²) >= 11 is 0. The van der Waals surface area contributed by atoms with Gasteiger partial charge in [0.15, 0.2) is 5.75 Å². The highest BCUT2D eigenvalue weighted by atomic mass is 16.5. The molecule has 4 nitrogen and oxygen atoms in total. The van der Waals surface area contributed by atoms with Crippen LogP contribution in [-0.4, -0.2) is 29.0 Å². The van der Waals surface area contributed by atoms with Crippen molar-refractivity contribution in [3.63, 3.8) is 0 Å². The van der Waals surface area contributed by atoms with Crippen LogP contribution in [0, 0.1) is 13.8 Å². The minimum absolute atomic E-state index is 0.316. The molecule has 2 heterocycles. The van der Waals surface area contributed by atoms with Crippen LogP contribution in [0.3, 0.4) is 0 Å². The Morgan fingerprint density at radius 3 is 2.79 bits per heavy atom. The van der Waals surface area contributed by atoms with Gasteiger partial charge in [0.1, 0.15) is 11.8 Å². The van der Waals surface area contributed by atoms with E-state index in [4.69, 9.17) is 4.74 Å². The molecular formula is C10H17N3O. The molecule has 1 aliphatic heterocycles. The van der Waals surface area contributed by atoms with Crippen LogP contribution in [0.4, 0.5) is 0 Å². The van der Waals surface area contributed by atoms with Crippen LogP contribution in [0.25, 0.3) is 0 Å². The number of hydrogen-bond donors (Lipinski definition) is 1. The number of aryl methyl sites for hydroxylation is 2. The molecule has 1 unspecified atom stereocenters. The number of rotatable bonds is 2. The number of aromatic nitrogens is 2. The maximum atomic E-state index is 5.91. The van der Waals surface area contributed by atoms with E-state index in [2.05, 4.69) is 10.4 Å². The normalized spacial score (nSPS) is 21.5. The number of hydrogen-bond acceptors (Lipinski definition) is 3. The van der Waals surface area contributed by atoms with Crippen molar-refractivity contribution in [1.82, 2.24) is 15.1 Å². The van der Waals surface area contributed by atoms with Gasteiger partial charge in [-0.25, -0.2) is 0 Å². The van der Waals surface area contributed by atoms with Crippen molar-refractivity contribution < 1.29 is 4.74 Å². The maximum Gasteiger partial charge on any atom is 0.163 e. The van der Waals surface area contributed by atoms with E-state index in [0.717, 1.165) is 36.6 Å². The molecule has 78 valence electrons. The topological polar surface area (TPSA) is 39.1 Å². The van der Waals surface area contributed by atoms with Crippen molar-refractivity contribution in [2.45, 2.75) is 26.4 Å². The fraction of sp³-hybridized carbons (Fsp3) is 0.700. The van der Waals surface area contributed by atoms with E-state index in [0.29, 0.717) is 6.10 Å². The third-order valence-electron chi connectivity index (χ3n) is 2.74. The summed E-state index contributed by atoms with van der Waals surface area (Å²) in [5.74, 6) is 0.959. The summed E-state index contributed by atoms with van der Waals surface area (Å²) in [5.41, 5.74) is 2.09. The van der Waals surface area contributed by atoms with Gasteiger partial charge in [-0.1, -0.05) is 0 Å². The Labute approximate surface area is 84.3 Å². The highest BCUT2D eigenvalue weighted by molar-refractivity contribution is 5.32. The molecule has 1 aliphatic rings. The van der Waals surface area contributed by atoms with Crippen molar-refractivity contribution in [2.75, 3.05) is 13.1 Å². The minimum Gasteiger partial charge on any atom is -0.485 e. The second kappa shape index (κ2) is 3.61. The smallest absolute Gasteiger partial charge is 0.163 e. The Kier molecular flexibility index (Phi) is 2.46. The molecule has 1 atom stereocenters. The van der Waals surface area contributed by atoms with Gasteiger partial charge in [-0.05, 0) is 26.8 Å². The third-order valence-corrected chi connectivity index (χ3v) is 2.74. The highest BCUT2D eigenvalue weighted by Crippen LogP contribution is 2.23. The summed E-state index contributed by atoms with van der Waals surface area (Å²) in [5, 5.41) is 7.61. The molecule has 1 aromatic rings. The zero-order valence-corrected chi connectivity index (χ0v) is 9.00. The number of ether oxygens (including phenoxy) is 1. The van der Waals surface area contributed by atoms with Crippen LogP contribution in [-0.2, 0) is 7.05 Å². The van der Waals surface area contributed by atoms with Crippen molar-refractivity contribution >= 4 is 0 Å². The summed E-state index contributed by atoms with van der Waals surface area (Å²) in [6.07, 6.45) is 1.41. The first-order valence-electron chi connectivity index (χ1n) is 5.06. The molecule has 2 rings (SSSR count). The summed E-state index contributed by atoms with van der Waals surface area (Å²) in [6, 6.07) is 0. The lowest BCUT2D eigenvalue weighted by Gasteiger charge is -2.12. The molecule has 1 aromatic heterocycles. The van der Waals surface area contributed by atoms with Crippen LogP contribution in [0.2, 0.25) is 0 Å². The molecule has 0 saturated carbocycles. The van der Waals surface area contributed by atoms with Crippen LogP contribution < -0.4 is 10.1 Å². The van der Waals surface area contributed by atoms with Gasteiger partial charge in [0.05, 0.1) is 5.69 Å². The van der Waals surface area contributed by atoms with Crippen molar-refractivity contribution in [3.05, 3.63) is 11.4 Å². The lowest BCUT2D eigenvalue weighted by atomic mass is 10.3. The predicted octanol–water partition coefficient (Wildman–Crippen LogP) is 0.778. The summed E-state index contributed by atoms with van der Waals surface area (Å²) < 4.78 is 7.78. The molecule has 4 heteroatoms. The van der Waals surface area contributed by atoms with Crippen LogP contribution in [0.5, 0.6) is 5.75 Å². The molecular weight excluding hydrogens is 178 g/mol. The van der Waals surface area contributed by atoms with Crippen LogP contribution in [0.15, 0.2) is 0 Å². The minimum atomic E-state index is 0.316. The van der Waals surface area contributed by atoms with E-state index in [1.165, 1.54) is 0 Å². The largest absolute Gasteiger partial charge is 0.485 e. The second-order valence-electron chi connectivity index (χ2n) is 3.86. The maximum absolute atomic E-state index is 5.91. The molecule has 0 radical (unpaired) electrons. The SMILES string of the molecule is Cc1nn(C)c(C)c1OC1CCNC1. The van der Waals surface area contributed by atoms with E-state index in [1.54, 1.807) is 0 Å². The number of nitrogens with one attached hydrogen (secondary N) is 1. The zero-order valence-electron chi connectivity index (χ0n) is 9.00. The van der Waals surface area contributed by atoms with Gasteiger partial charge in [-0.15, -0.1) is 0 Å². The number of nitrogens with zero attached hydrogens (tertiary/aromatic N) is 2. The fourth-order valence-electron chi connectivity index (χ4n) is 1.82. The second-order valence-corrected chi connectivity index (χ2v) is 3.86. The molecule has 14 heavy (non-hydrogen) atoms. The van der Waals surface area contributed by atoms with Crippen LogP contribution >= 0.6 is 0 Å². The van der Waals surface area contributed by atoms with Gasteiger partial charge in [0.2, 0.25) is 0 Å². The molecule has 1 saturated heterocycles. The molecule has 1 fully saturated rings.